The standard InChI is InChI=1S/C23H19BrN4OS/c1-2-21(16-7-11-20(29)12-8-16)27-28-22(17-5-9-18(24)10-6-17)15-30-23(28)26-19-4-3-13-25-14-19/h3-15,29H,2H2,1H3. The molecule has 0 saturated carbocycles. The fourth-order valence-corrected chi connectivity index (χ4v) is 4.04. The number of pyridine rings is 1. The van der Waals surface area contributed by atoms with Crippen molar-refractivity contribution < 1.29 is 5.11 Å². The van der Waals surface area contributed by atoms with E-state index in [1.54, 1.807) is 24.5 Å². The van der Waals surface area contributed by atoms with Crippen molar-refractivity contribution in [2.45, 2.75) is 13.3 Å². The average Bonchev–Trinajstić information content (AvgIpc) is 3.16. The smallest absolute Gasteiger partial charge is 0.211 e. The van der Waals surface area contributed by atoms with Gasteiger partial charge in [0.2, 0.25) is 4.80 Å². The number of nitrogens with zero attached hydrogens (tertiary/aromatic N) is 4. The van der Waals surface area contributed by atoms with E-state index in [2.05, 4.69) is 45.4 Å². The van der Waals surface area contributed by atoms with Gasteiger partial charge in [0.25, 0.3) is 0 Å². The SMILES string of the molecule is CCC(=Nn1c(-c2ccc(Br)cc2)csc1=Nc1cccnc1)c1ccc(O)cc1. The summed E-state index contributed by atoms with van der Waals surface area (Å²) >= 11 is 5.03. The van der Waals surface area contributed by atoms with Gasteiger partial charge in [-0.25, -0.2) is 9.67 Å². The minimum Gasteiger partial charge on any atom is -0.508 e. The van der Waals surface area contributed by atoms with E-state index in [-0.39, 0.29) is 5.75 Å². The third-order valence-electron chi connectivity index (χ3n) is 4.45. The van der Waals surface area contributed by atoms with Crippen LogP contribution in [0.1, 0.15) is 18.9 Å². The van der Waals surface area contributed by atoms with E-state index in [1.807, 2.05) is 41.1 Å². The number of aromatic nitrogens is 2. The summed E-state index contributed by atoms with van der Waals surface area (Å²) in [6.07, 6.45) is 4.19. The van der Waals surface area contributed by atoms with Crippen LogP contribution in [0.2, 0.25) is 0 Å². The highest BCUT2D eigenvalue weighted by atomic mass is 79.9. The van der Waals surface area contributed by atoms with Gasteiger partial charge in [0.1, 0.15) is 5.75 Å². The molecule has 0 fully saturated rings. The van der Waals surface area contributed by atoms with Gasteiger partial charge in [0.15, 0.2) is 0 Å². The van der Waals surface area contributed by atoms with Crippen LogP contribution in [0, 0.1) is 0 Å². The summed E-state index contributed by atoms with van der Waals surface area (Å²) in [7, 11) is 0. The number of halogens is 1. The van der Waals surface area contributed by atoms with E-state index in [9.17, 15) is 5.11 Å². The maximum absolute atomic E-state index is 9.62. The molecular formula is C23H19BrN4OS. The minimum absolute atomic E-state index is 0.236. The average molecular weight is 479 g/mol. The van der Waals surface area contributed by atoms with E-state index in [0.717, 1.165) is 43.9 Å². The highest BCUT2D eigenvalue weighted by Crippen LogP contribution is 2.23. The molecule has 1 N–H and O–H groups in total. The molecule has 0 bridgehead atoms. The van der Waals surface area contributed by atoms with E-state index in [4.69, 9.17) is 10.1 Å². The van der Waals surface area contributed by atoms with E-state index in [0.29, 0.717) is 0 Å². The Balaban J connectivity index is 1.90. The quantitative estimate of drug-likeness (QED) is 0.358. The predicted octanol–water partition coefficient (Wildman–Crippen LogP) is 5.97. The molecule has 5 nitrogen and oxygen atoms in total. The van der Waals surface area contributed by atoms with Crippen molar-refractivity contribution in [3.8, 4) is 17.0 Å². The molecular weight excluding hydrogens is 460 g/mol. The Labute approximate surface area is 186 Å². The van der Waals surface area contributed by atoms with Crippen LogP contribution >= 0.6 is 27.3 Å². The zero-order chi connectivity index (χ0) is 20.9. The van der Waals surface area contributed by atoms with E-state index >= 15 is 0 Å². The lowest BCUT2D eigenvalue weighted by atomic mass is 10.1. The molecule has 0 unspecified atom stereocenters. The van der Waals surface area contributed by atoms with Gasteiger partial charge in [-0.1, -0.05) is 35.0 Å². The fraction of sp³-hybridized carbons (Fsp3) is 0.0870. The molecule has 2 heterocycles. The van der Waals surface area contributed by atoms with Crippen LogP contribution in [-0.4, -0.2) is 20.5 Å². The summed E-state index contributed by atoms with van der Waals surface area (Å²) in [4.78, 5) is 9.67. The third kappa shape index (κ3) is 4.58. The lowest BCUT2D eigenvalue weighted by Crippen LogP contribution is -2.14. The molecule has 4 rings (SSSR count). The number of phenolic OH excluding ortho intramolecular Hbond substituents is 1. The van der Waals surface area contributed by atoms with Crippen molar-refractivity contribution in [1.82, 2.24) is 9.66 Å². The fourth-order valence-electron chi connectivity index (χ4n) is 2.93. The second kappa shape index (κ2) is 9.19. The molecule has 2 aromatic carbocycles. The first-order valence-corrected chi connectivity index (χ1v) is 11.1. The first kappa shape index (κ1) is 20.3. The lowest BCUT2D eigenvalue weighted by Gasteiger charge is -2.08. The first-order valence-electron chi connectivity index (χ1n) is 9.42. The second-order valence-electron chi connectivity index (χ2n) is 6.49. The van der Waals surface area contributed by atoms with Crippen molar-refractivity contribution in [2.24, 2.45) is 10.1 Å². The molecule has 0 saturated heterocycles. The van der Waals surface area contributed by atoms with Crippen LogP contribution in [0.5, 0.6) is 5.75 Å². The summed E-state index contributed by atoms with van der Waals surface area (Å²) in [6.45, 7) is 2.07. The lowest BCUT2D eigenvalue weighted by molar-refractivity contribution is 0.475. The molecule has 0 aliphatic heterocycles. The van der Waals surface area contributed by atoms with Crippen molar-refractivity contribution in [3.05, 3.63) is 93.3 Å². The summed E-state index contributed by atoms with van der Waals surface area (Å²) < 4.78 is 2.90. The van der Waals surface area contributed by atoms with Gasteiger partial charge in [-0.3, -0.25) is 4.98 Å². The number of rotatable bonds is 5. The minimum atomic E-state index is 0.236. The number of hydrogen-bond donors (Lipinski definition) is 1. The molecule has 0 atom stereocenters. The van der Waals surface area contributed by atoms with Crippen molar-refractivity contribution in [1.29, 1.82) is 0 Å². The Morgan fingerprint density at radius 3 is 2.53 bits per heavy atom. The third-order valence-corrected chi connectivity index (χ3v) is 5.80. The zero-order valence-corrected chi connectivity index (χ0v) is 18.6. The van der Waals surface area contributed by atoms with Gasteiger partial charge in [0, 0.05) is 21.6 Å². The highest BCUT2D eigenvalue weighted by Gasteiger charge is 2.10. The Hall–Kier alpha value is -3.03. The molecule has 0 aliphatic carbocycles. The van der Waals surface area contributed by atoms with Gasteiger partial charge in [-0.05, 0) is 60.5 Å². The molecule has 4 aromatic rings. The van der Waals surface area contributed by atoms with Crippen LogP contribution in [0.15, 0.2) is 93.0 Å². The predicted molar refractivity (Wildman–Crippen MR) is 125 cm³/mol. The van der Waals surface area contributed by atoms with Crippen molar-refractivity contribution in [3.63, 3.8) is 0 Å². The molecule has 0 spiro atoms. The van der Waals surface area contributed by atoms with Crippen molar-refractivity contribution in [2.75, 3.05) is 0 Å². The maximum atomic E-state index is 9.62. The molecule has 30 heavy (non-hydrogen) atoms. The zero-order valence-electron chi connectivity index (χ0n) is 16.2. The van der Waals surface area contributed by atoms with Gasteiger partial charge in [-0.15, -0.1) is 11.3 Å². The first-order chi connectivity index (χ1) is 14.6. The molecule has 0 radical (unpaired) electrons. The van der Waals surface area contributed by atoms with E-state index < -0.39 is 0 Å². The molecule has 150 valence electrons. The Morgan fingerprint density at radius 1 is 1.10 bits per heavy atom. The number of benzene rings is 2. The van der Waals surface area contributed by atoms with Gasteiger partial charge in [-0.2, -0.15) is 5.10 Å². The van der Waals surface area contributed by atoms with Gasteiger partial charge in [0.05, 0.1) is 23.3 Å². The highest BCUT2D eigenvalue weighted by molar-refractivity contribution is 9.10. The monoisotopic (exact) mass is 478 g/mol. The number of aromatic hydroxyl groups is 1. The molecule has 2 aromatic heterocycles. The topological polar surface area (TPSA) is 62.8 Å². The van der Waals surface area contributed by atoms with Crippen LogP contribution in [0.25, 0.3) is 11.3 Å². The molecule has 0 amide bonds. The summed E-state index contributed by atoms with van der Waals surface area (Å²) in [6, 6.07) is 19.0. The van der Waals surface area contributed by atoms with Crippen LogP contribution in [0.3, 0.4) is 0 Å². The summed E-state index contributed by atoms with van der Waals surface area (Å²) in [5, 5.41) is 16.7. The number of thiazole rings is 1. The molecule has 0 aliphatic rings. The summed E-state index contributed by atoms with van der Waals surface area (Å²) in [5.41, 5.74) is 4.64. The van der Waals surface area contributed by atoms with Gasteiger partial charge < -0.3 is 5.11 Å². The molecule has 7 heteroatoms. The largest absolute Gasteiger partial charge is 0.508 e. The Morgan fingerprint density at radius 2 is 1.87 bits per heavy atom. The van der Waals surface area contributed by atoms with Crippen LogP contribution < -0.4 is 4.80 Å². The Kier molecular flexibility index (Phi) is 6.21. The number of phenols is 1. The van der Waals surface area contributed by atoms with Gasteiger partial charge >= 0.3 is 0 Å². The Bertz CT molecular complexity index is 1230. The van der Waals surface area contributed by atoms with Crippen molar-refractivity contribution >= 4 is 38.7 Å². The van der Waals surface area contributed by atoms with Crippen LogP contribution in [-0.2, 0) is 0 Å². The summed E-state index contributed by atoms with van der Waals surface area (Å²) in [5.74, 6) is 0.236. The second-order valence-corrected chi connectivity index (χ2v) is 8.24. The van der Waals surface area contributed by atoms with E-state index in [1.165, 1.54) is 11.3 Å². The number of hydrogen-bond acceptors (Lipinski definition) is 5. The normalized spacial score (nSPS) is 12.3. The van der Waals surface area contributed by atoms with Crippen LogP contribution in [0.4, 0.5) is 5.69 Å². The maximum Gasteiger partial charge on any atom is 0.211 e.